The first-order chi connectivity index (χ1) is 14.4. The number of oxime groups is 1. The number of aliphatic hydroxyl groups is 1. The molecule has 0 aliphatic heterocycles. The van der Waals surface area contributed by atoms with Crippen LogP contribution in [0.4, 0.5) is 5.69 Å². The van der Waals surface area contributed by atoms with Crippen molar-refractivity contribution in [1.29, 1.82) is 0 Å². The minimum absolute atomic E-state index is 0.0819. The van der Waals surface area contributed by atoms with Crippen molar-refractivity contribution in [2.45, 2.75) is 66.1 Å². The van der Waals surface area contributed by atoms with Crippen LogP contribution in [0.5, 0.6) is 0 Å². The zero-order valence-electron chi connectivity index (χ0n) is 18.3. The Morgan fingerprint density at radius 3 is 2.53 bits per heavy atom. The summed E-state index contributed by atoms with van der Waals surface area (Å²) in [6, 6.07) is 7.14. The molecule has 1 aromatic carbocycles. The zero-order chi connectivity index (χ0) is 22.1. The molecule has 164 valence electrons. The van der Waals surface area contributed by atoms with E-state index in [0.717, 1.165) is 44.5 Å². The van der Waals surface area contributed by atoms with Crippen LogP contribution >= 0.6 is 0 Å². The number of anilines is 1. The van der Waals surface area contributed by atoms with Gasteiger partial charge in [-0.3, -0.25) is 4.79 Å². The van der Waals surface area contributed by atoms with Gasteiger partial charge in [0.25, 0.3) is 0 Å². The topological polar surface area (TPSA) is 92.3 Å². The summed E-state index contributed by atoms with van der Waals surface area (Å²) in [4.78, 5) is 32.6. The number of aliphatic hydroxyl groups excluding tert-OH is 1. The standard InChI is InChI=1S/C23H32N2O5/c1-5-8-9-10-11-20(24-30-16(4)26)22(27)19-14-17-12-13-18(25(6-2)7-3)15-21(17)29-23(19)28/h12-16,26H,5-11H2,1-4H3/b24-20+. The summed E-state index contributed by atoms with van der Waals surface area (Å²) >= 11 is 0. The average Bonchev–Trinajstić information content (AvgIpc) is 2.73. The lowest BCUT2D eigenvalue weighted by Gasteiger charge is -2.21. The van der Waals surface area contributed by atoms with Crippen LogP contribution < -0.4 is 10.5 Å². The molecule has 1 heterocycles. The number of nitrogens with zero attached hydrogens (tertiary/aromatic N) is 2. The molecule has 0 fully saturated rings. The summed E-state index contributed by atoms with van der Waals surface area (Å²) in [5.74, 6) is -0.532. The van der Waals surface area contributed by atoms with Crippen LogP contribution in [0.2, 0.25) is 0 Å². The smallest absolute Gasteiger partial charge is 0.347 e. The Balaban J connectivity index is 2.36. The van der Waals surface area contributed by atoms with Crippen molar-refractivity contribution in [2.75, 3.05) is 18.0 Å². The minimum Gasteiger partial charge on any atom is -0.422 e. The first-order valence-electron chi connectivity index (χ1n) is 10.7. The Morgan fingerprint density at radius 1 is 1.17 bits per heavy atom. The lowest BCUT2D eigenvalue weighted by Crippen LogP contribution is -2.23. The summed E-state index contributed by atoms with van der Waals surface area (Å²) < 4.78 is 5.46. The van der Waals surface area contributed by atoms with Gasteiger partial charge in [0.2, 0.25) is 12.1 Å². The molecule has 0 spiro atoms. The number of fused-ring (bicyclic) bond motifs is 1. The lowest BCUT2D eigenvalue weighted by atomic mass is 10.0. The lowest BCUT2D eigenvalue weighted by molar-refractivity contribution is -0.0838. The maximum Gasteiger partial charge on any atom is 0.347 e. The summed E-state index contributed by atoms with van der Waals surface area (Å²) in [6.07, 6.45) is 3.02. The van der Waals surface area contributed by atoms with Crippen LogP contribution in [0.15, 0.2) is 38.6 Å². The van der Waals surface area contributed by atoms with Crippen molar-refractivity contribution in [3.05, 3.63) is 40.2 Å². The van der Waals surface area contributed by atoms with Crippen LogP contribution in [0, 0.1) is 0 Å². The van der Waals surface area contributed by atoms with E-state index in [1.165, 1.54) is 6.92 Å². The van der Waals surface area contributed by atoms with Gasteiger partial charge >= 0.3 is 5.63 Å². The highest BCUT2D eigenvalue weighted by Gasteiger charge is 2.21. The van der Waals surface area contributed by atoms with Crippen LogP contribution in [-0.2, 0) is 4.84 Å². The molecule has 2 rings (SSSR count). The van der Waals surface area contributed by atoms with Crippen LogP contribution in [0.3, 0.4) is 0 Å². The quantitative estimate of drug-likeness (QED) is 0.137. The summed E-state index contributed by atoms with van der Waals surface area (Å²) in [5.41, 5.74) is 0.711. The number of carbonyl (C=O) groups excluding carboxylic acids is 1. The molecule has 1 aromatic heterocycles. The van der Waals surface area contributed by atoms with Crippen LogP contribution in [-0.4, -0.2) is 36.0 Å². The molecule has 0 bridgehead atoms. The van der Waals surface area contributed by atoms with E-state index in [4.69, 9.17) is 9.25 Å². The number of benzene rings is 1. The molecular weight excluding hydrogens is 384 g/mol. The second-order valence-corrected chi connectivity index (χ2v) is 7.22. The van der Waals surface area contributed by atoms with Gasteiger partial charge in [0.15, 0.2) is 0 Å². The van der Waals surface area contributed by atoms with Crippen molar-refractivity contribution in [3.63, 3.8) is 0 Å². The Morgan fingerprint density at radius 2 is 1.90 bits per heavy atom. The molecule has 1 N–H and O–H groups in total. The highest BCUT2D eigenvalue weighted by molar-refractivity contribution is 6.45. The molecule has 0 saturated heterocycles. The second kappa shape index (κ2) is 11.5. The van der Waals surface area contributed by atoms with Gasteiger partial charge in [0.1, 0.15) is 16.9 Å². The normalized spacial score (nSPS) is 12.8. The van der Waals surface area contributed by atoms with E-state index in [1.807, 2.05) is 18.2 Å². The van der Waals surface area contributed by atoms with E-state index in [9.17, 15) is 14.7 Å². The Hall–Kier alpha value is -2.67. The number of ketones is 1. The van der Waals surface area contributed by atoms with E-state index in [0.29, 0.717) is 17.4 Å². The summed E-state index contributed by atoms with van der Waals surface area (Å²) in [7, 11) is 0. The fraction of sp³-hybridized carbons (Fsp3) is 0.522. The maximum absolute atomic E-state index is 13.0. The molecule has 0 amide bonds. The molecule has 7 heteroatoms. The largest absolute Gasteiger partial charge is 0.422 e. The average molecular weight is 417 g/mol. The van der Waals surface area contributed by atoms with E-state index >= 15 is 0 Å². The molecule has 1 atom stereocenters. The van der Waals surface area contributed by atoms with Gasteiger partial charge in [-0.25, -0.2) is 4.79 Å². The molecule has 7 nitrogen and oxygen atoms in total. The Bertz CT molecular complexity index is 929. The Labute approximate surface area is 177 Å². The minimum atomic E-state index is -1.14. The molecule has 2 aromatic rings. The fourth-order valence-corrected chi connectivity index (χ4v) is 3.26. The van der Waals surface area contributed by atoms with Gasteiger partial charge in [-0.15, -0.1) is 0 Å². The highest BCUT2D eigenvalue weighted by Crippen LogP contribution is 2.22. The number of rotatable bonds is 12. The van der Waals surface area contributed by atoms with E-state index in [-0.39, 0.29) is 11.3 Å². The third-order valence-electron chi connectivity index (χ3n) is 4.94. The monoisotopic (exact) mass is 416 g/mol. The number of hydrogen-bond donors (Lipinski definition) is 1. The summed E-state index contributed by atoms with van der Waals surface area (Å²) in [6.45, 7) is 9.29. The van der Waals surface area contributed by atoms with Gasteiger partial charge in [-0.05, 0) is 44.9 Å². The van der Waals surface area contributed by atoms with Gasteiger partial charge < -0.3 is 19.3 Å². The first-order valence-corrected chi connectivity index (χ1v) is 10.7. The van der Waals surface area contributed by atoms with Crippen molar-refractivity contribution in [3.8, 4) is 0 Å². The molecule has 0 aliphatic rings. The molecule has 30 heavy (non-hydrogen) atoms. The third kappa shape index (κ3) is 6.16. The van der Waals surface area contributed by atoms with Crippen molar-refractivity contribution < 1.29 is 19.2 Å². The van der Waals surface area contributed by atoms with Crippen LogP contribution in [0.25, 0.3) is 11.0 Å². The van der Waals surface area contributed by atoms with E-state index in [1.54, 1.807) is 6.07 Å². The van der Waals surface area contributed by atoms with Crippen molar-refractivity contribution in [1.82, 2.24) is 0 Å². The number of unbranched alkanes of at least 4 members (excludes halogenated alkanes) is 3. The number of Topliss-reactive ketones (excluding diaryl/α,β-unsaturated/α-hetero) is 1. The molecule has 1 unspecified atom stereocenters. The van der Waals surface area contributed by atoms with Crippen molar-refractivity contribution in [2.24, 2.45) is 5.16 Å². The third-order valence-corrected chi connectivity index (χ3v) is 4.94. The first kappa shape index (κ1) is 23.6. The molecule has 0 radical (unpaired) electrons. The van der Waals surface area contributed by atoms with E-state index < -0.39 is 17.7 Å². The number of carbonyl (C=O) groups is 1. The van der Waals surface area contributed by atoms with E-state index in [2.05, 4.69) is 30.8 Å². The van der Waals surface area contributed by atoms with Gasteiger partial charge in [0.05, 0.1) is 0 Å². The molecule has 0 saturated carbocycles. The highest BCUT2D eigenvalue weighted by atomic mass is 16.7. The predicted octanol–water partition coefficient (Wildman–Crippen LogP) is 4.50. The molecule has 0 aliphatic carbocycles. The SMILES string of the molecule is CCCCCC/C(=N\OC(C)O)C(=O)c1cc2ccc(N(CC)CC)cc2oc1=O. The maximum atomic E-state index is 13.0. The van der Waals surface area contributed by atoms with Gasteiger partial charge in [-0.1, -0.05) is 31.3 Å². The van der Waals surface area contributed by atoms with Gasteiger partial charge in [-0.2, -0.15) is 0 Å². The number of hydrogen-bond acceptors (Lipinski definition) is 7. The Kier molecular flexibility index (Phi) is 9.05. The van der Waals surface area contributed by atoms with Crippen LogP contribution in [0.1, 0.15) is 70.2 Å². The fourth-order valence-electron chi connectivity index (χ4n) is 3.26. The summed E-state index contributed by atoms with van der Waals surface area (Å²) in [5, 5.41) is 13.8. The van der Waals surface area contributed by atoms with Crippen molar-refractivity contribution >= 4 is 28.2 Å². The predicted molar refractivity (Wildman–Crippen MR) is 119 cm³/mol. The van der Waals surface area contributed by atoms with Gasteiger partial charge in [0, 0.05) is 37.2 Å². The second-order valence-electron chi connectivity index (χ2n) is 7.22. The zero-order valence-corrected chi connectivity index (χ0v) is 18.3. The molecular formula is C23H32N2O5.